The average molecular weight is 321 g/mol. The molecule has 5 nitrogen and oxygen atoms in total. The monoisotopic (exact) mass is 321 g/mol. The van der Waals surface area contributed by atoms with E-state index in [1.54, 1.807) is 6.20 Å². The molecule has 0 spiro atoms. The lowest BCUT2D eigenvalue weighted by molar-refractivity contribution is 0.00578. The zero-order valence-electron chi connectivity index (χ0n) is 14.4. The summed E-state index contributed by atoms with van der Waals surface area (Å²) in [6.45, 7) is 8.18. The number of benzene rings is 1. The quantitative estimate of drug-likeness (QED) is 0.681. The summed E-state index contributed by atoms with van der Waals surface area (Å²) in [4.78, 5) is 4.51. The highest BCUT2D eigenvalue weighted by Crippen LogP contribution is 2.36. The van der Waals surface area contributed by atoms with Crippen molar-refractivity contribution in [3.63, 3.8) is 0 Å². The van der Waals surface area contributed by atoms with E-state index < -0.39 is 7.12 Å². The lowest BCUT2D eigenvalue weighted by Crippen LogP contribution is -2.41. The van der Waals surface area contributed by atoms with E-state index in [0.29, 0.717) is 0 Å². The number of fused-ring (bicyclic) bond motifs is 1. The lowest BCUT2D eigenvalue weighted by Gasteiger charge is -2.32. The Morgan fingerprint density at radius 2 is 1.62 bits per heavy atom. The van der Waals surface area contributed by atoms with Crippen molar-refractivity contribution in [3.05, 3.63) is 48.8 Å². The molecule has 0 saturated carbocycles. The van der Waals surface area contributed by atoms with Crippen LogP contribution in [0.2, 0.25) is 0 Å². The molecular formula is C18H20BN3O2. The summed E-state index contributed by atoms with van der Waals surface area (Å²) in [5.74, 6) is 0. The second-order valence-electron chi connectivity index (χ2n) is 7.12. The maximum Gasteiger partial charge on any atom is 0.514 e. The van der Waals surface area contributed by atoms with Gasteiger partial charge in [0.05, 0.1) is 23.0 Å². The highest BCUT2D eigenvalue weighted by atomic mass is 16.7. The Labute approximate surface area is 141 Å². The van der Waals surface area contributed by atoms with Gasteiger partial charge in [-0.1, -0.05) is 30.3 Å². The van der Waals surface area contributed by atoms with Crippen LogP contribution < -0.4 is 5.59 Å². The second kappa shape index (κ2) is 5.16. The van der Waals surface area contributed by atoms with Crippen molar-refractivity contribution in [2.45, 2.75) is 38.9 Å². The lowest BCUT2D eigenvalue weighted by atomic mass is 9.84. The fourth-order valence-electron chi connectivity index (χ4n) is 2.87. The van der Waals surface area contributed by atoms with Gasteiger partial charge < -0.3 is 9.31 Å². The zero-order chi connectivity index (χ0) is 16.9. The third-order valence-corrected chi connectivity index (χ3v) is 5.01. The van der Waals surface area contributed by atoms with Crippen LogP contribution in [0.5, 0.6) is 0 Å². The standard InChI is InChI=1S/C18H20BN3O2/c1-17(2)18(3,4)24-19(23-17)15-10-11-20-16-14(12-21-22(15)16)13-8-6-5-7-9-13/h5-12H,1-4H3. The maximum atomic E-state index is 6.16. The molecular weight excluding hydrogens is 301 g/mol. The van der Waals surface area contributed by atoms with Gasteiger partial charge in [0, 0.05) is 11.8 Å². The number of aromatic nitrogens is 3. The van der Waals surface area contributed by atoms with E-state index in [2.05, 4.69) is 22.2 Å². The molecule has 0 N–H and O–H groups in total. The Morgan fingerprint density at radius 3 is 2.29 bits per heavy atom. The van der Waals surface area contributed by atoms with E-state index in [0.717, 1.165) is 22.4 Å². The van der Waals surface area contributed by atoms with Gasteiger partial charge in [-0.2, -0.15) is 5.10 Å². The Hall–Kier alpha value is -2.18. The van der Waals surface area contributed by atoms with Crippen LogP contribution in [0.1, 0.15) is 27.7 Å². The Morgan fingerprint density at radius 1 is 0.958 bits per heavy atom. The molecule has 1 aromatic carbocycles. The van der Waals surface area contributed by atoms with Crippen molar-refractivity contribution < 1.29 is 9.31 Å². The molecule has 0 aliphatic carbocycles. The average Bonchev–Trinajstić information content (AvgIpc) is 3.06. The smallest absolute Gasteiger partial charge is 0.398 e. The van der Waals surface area contributed by atoms with Crippen molar-refractivity contribution in [2.24, 2.45) is 0 Å². The van der Waals surface area contributed by atoms with Crippen molar-refractivity contribution in [1.29, 1.82) is 0 Å². The Bertz CT molecular complexity index is 874. The molecule has 0 unspecified atom stereocenters. The first-order chi connectivity index (χ1) is 11.4. The molecule has 0 bridgehead atoms. The van der Waals surface area contributed by atoms with Crippen LogP contribution in [0.15, 0.2) is 48.8 Å². The molecule has 1 saturated heterocycles. The van der Waals surface area contributed by atoms with Gasteiger partial charge in [0.1, 0.15) is 0 Å². The molecule has 0 amide bonds. The zero-order valence-corrected chi connectivity index (χ0v) is 14.4. The van der Waals surface area contributed by atoms with Gasteiger partial charge in [-0.05, 0) is 39.3 Å². The Balaban J connectivity index is 1.81. The molecule has 24 heavy (non-hydrogen) atoms. The van der Waals surface area contributed by atoms with Gasteiger partial charge in [0.2, 0.25) is 0 Å². The van der Waals surface area contributed by atoms with Gasteiger partial charge in [-0.3, -0.25) is 0 Å². The first-order valence-electron chi connectivity index (χ1n) is 8.13. The summed E-state index contributed by atoms with van der Waals surface area (Å²) in [6.07, 6.45) is 3.62. The molecule has 122 valence electrons. The highest BCUT2D eigenvalue weighted by molar-refractivity contribution is 6.61. The maximum absolute atomic E-state index is 6.16. The first kappa shape index (κ1) is 15.4. The Kier molecular flexibility index (Phi) is 3.30. The molecule has 1 fully saturated rings. The predicted octanol–water partition coefficient (Wildman–Crippen LogP) is 2.70. The third kappa shape index (κ3) is 2.25. The normalized spacial score (nSPS) is 19.1. The minimum Gasteiger partial charge on any atom is -0.398 e. The van der Waals surface area contributed by atoms with Gasteiger partial charge in [-0.15, -0.1) is 0 Å². The predicted molar refractivity (Wildman–Crippen MR) is 94.1 cm³/mol. The van der Waals surface area contributed by atoms with Crippen molar-refractivity contribution in [2.75, 3.05) is 0 Å². The van der Waals surface area contributed by atoms with E-state index in [4.69, 9.17) is 9.31 Å². The fraction of sp³-hybridized carbons (Fsp3) is 0.333. The van der Waals surface area contributed by atoms with Crippen LogP contribution in [-0.4, -0.2) is 32.9 Å². The molecule has 4 rings (SSSR count). The number of hydrogen-bond acceptors (Lipinski definition) is 4. The van der Waals surface area contributed by atoms with Crippen molar-refractivity contribution in [3.8, 4) is 11.1 Å². The number of nitrogens with zero attached hydrogens (tertiary/aromatic N) is 3. The van der Waals surface area contributed by atoms with Crippen LogP contribution >= 0.6 is 0 Å². The summed E-state index contributed by atoms with van der Waals surface area (Å²) in [5, 5.41) is 4.53. The van der Waals surface area contributed by atoms with Gasteiger partial charge in [-0.25, -0.2) is 9.50 Å². The van der Waals surface area contributed by atoms with Gasteiger partial charge >= 0.3 is 7.12 Å². The van der Waals surface area contributed by atoms with E-state index in [-0.39, 0.29) is 11.2 Å². The fourth-order valence-corrected chi connectivity index (χ4v) is 2.87. The molecule has 0 atom stereocenters. The first-order valence-corrected chi connectivity index (χ1v) is 8.13. The van der Waals surface area contributed by atoms with Crippen LogP contribution in [0.3, 0.4) is 0 Å². The second-order valence-corrected chi connectivity index (χ2v) is 7.12. The minimum atomic E-state index is -0.468. The molecule has 6 heteroatoms. The van der Waals surface area contributed by atoms with E-state index >= 15 is 0 Å². The van der Waals surface area contributed by atoms with Gasteiger partial charge in [0.15, 0.2) is 5.65 Å². The third-order valence-electron chi connectivity index (χ3n) is 5.01. The van der Waals surface area contributed by atoms with E-state index in [1.807, 2.05) is 62.7 Å². The molecule has 1 aliphatic heterocycles. The highest BCUT2D eigenvalue weighted by Gasteiger charge is 2.52. The van der Waals surface area contributed by atoms with Crippen molar-refractivity contribution in [1.82, 2.24) is 14.6 Å². The topological polar surface area (TPSA) is 48.7 Å². The van der Waals surface area contributed by atoms with Crippen LogP contribution in [0, 0.1) is 0 Å². The van der Waals surface area contributed by atoms with E-state index in [9.17, 15) is 0 Å². The summed E-state index contributed by atoms with van der Waals surface area (Å²) in [5.41, 5.74) is 2.96. The van der Waals surface area contributed by atoms with E-state index in [1.165, 1.54) is 0 Å². The molecule has 3 aromatic rings. The largest absolute Gasteiger partial charge is 0.514 e. The molecule has 0 radical (unpaired) electrons. The van der Waals surface area contributed by atoms with Crippen LogP contribution in [0.4, 0.5) is 0 Å². The number of hydrogen-bond donors (Lipinski definition) is 0. The minimum absolute atomic E-state index is 0.386. The summed E-state index contributed by atoms with van der Waals surface area (Å²) in [7, 11) is -0.468. The van der Waals surface area contributed by atoms with Crippen LogP contribution in [0.25, 0.3) is 16.8 Å². The van der Waals surface area contributed by atoms with Gasteiger partial charge in [0.25, 0.3) is 0 Å². The molecule has 2 aromatic heterocycles. The SMILES string of the molecule is CC1(C)OB(c2ccnc3c(-c4ccccc4)cnn23)OC1(C)C. The summed E-state index contributed by atoms with van der Waals surface area (Å²) >= 11 is 0. The molecule has 1 aliphatic rings. The van der Waals surface area contributed by atoms with Crippen molar-refractivity contribution >= 4 is 18.4 Å². The summed E-state index contributed by atoms with van der Waals surface area (Å²) in [6, 6.07) is 12.0. The molecule has 3 heterocycles. The number of rotatable bonds is 2. The van der Waals surface area contributed by atoms with Crippen LogP contribution in [-0.2, 0) is 9.31 Å². The summed E-state index contributed by atoms with van der Waals surface area (Å²) < 4.78 is 14.1.